The monoisotopic (exact) mass is 316 g/mol. The first-order valence-electron chi connectivity index (χ1n) is 6.75. The SMILES string of the molecule is CC(Cc1ccccc1F)C(=O)NCCCNS(C)(=O)=O. The lowest BCUT2D eigenvalue weighted by molar-refractivity contribution is -0.124. The number of hydrogen-bond donors (Lipinski definition) is 2. The quantitative estimate of drug-likeness (QED) is 0.704. The molecule has 2 N–H and O–H groups in total. The molecule has 0 saturated carbocycles. The Kier molecular flexibility index (Phi) is 6.77. The summed E-state index contributed by atoms with van der Waals surface area (Å²) < 4.78 is 37.5. The van der Waals surface area contributed by atoms with Crippen LogP contribution in [0, 0.1) is 11.7 Å². The van der Waals surface area contributed by atoms with Gasteiger partial charge in [-0.15, -0.1) is 0 Å². The maximum Gasteiger partial charge on any atom is 0.223 e. The summed E-state index contributed by atoms with van der Waals surface area (Å²) in [7, 11) is -3.19. The van der Waals surface area contributed by atoms with E-state index in [4.69, 9.17) is 0 Å². The lowest BCUT2D eigenvalue weighted by Gasteiger charge is -2.12. The average molecular weight is 316 g/mol. The van der Waals surface area contributed by atoms with Gasteiger partial charge in [0.05, 0.1) is 6.26 Å². The molecule has 1 rings (SSSR count). The number of halogens is 1. The molecule has 7 heteroatoms. The molecule has 1 aromatic carbocycles. The fourth-order valence-corrected chi connectivity index (χ4v) is 2.33. The highest BCUT2D eigenvalue weighted by Gasteiger charge is 2.14. The minimum atomic E-state index is -3.19. The summed E-state index contributed by atoms with van der Waals surface area (Å²) in [5, 5.41) is 2.71. The van der Waals surface area contributed by atoms with Crippen LogP contribution >= 0.6 is 0 Å². The van der Waals surface area contributed by atoms with E-state index < -0.39 is 10.0 Å². The number of carbonyl (C=O) groups is 1. The summed E-state index contributed by atoms with van der Waals surface area (Å²) in [6.07, 6.45) is 1.92. The van der Waals surface area contributed by atoms with Gasteiger partial charge < -0.3 is 5.32 Å². The molecule has 0 heterocycles. The Hall–Kier alpha value is -1.47. The smallest absolute Gasteiger partial charge is 0.223 e. The number of hydrogen-bond acceptors (Lipinski definition) is 3. The average Bonchev–Trinajstić information content (AvgIpc) is 2.39. The molecule has 0 aliphatic heterocycles. The third-order valence-electron chi connectivity index (χ3n) is 2.95. The molecule has 0 radical (unpaired) electrons. The third kappa shape index (κ3) is 7.19. The number of rotatable bonds is 8. The van der Waals surface area contributed by atoms with E-state index in [0.717, 1.165) is 6.26 Å². The van der Waals surface area contributed by atoms with Crippen molar-refractivity contribution in [1.82, 2.24) is 10.0 Å². The van der Waals surface area contributed by atoms with Crippen LogP contribution in [0.5, 0.6) is 0 Å². The van der Waals surface area contributed by atoms with Crippen molar-refractivity contribution in [2.45, 2.75) is 19.8 Å². The van der Waals surface area contributed by atoms with Gasteiger partial charge in [0.15, 0.2) is 0 Å². The van der Waals surface area contributed by atoms with Crippen molar-refractivity contribution in [2.75, 3.05) is 19.3 Å². The predicted octanol–water partition coefficient (Wildman–Crippen LogP) is 1.06. The Morgan fingerprint density at radius 2 is 1.95 bits per heavy atom. The van der Waals surface area contributed by atoms with Crippen molar-refractivity contribution in [3.05, 3.63) is 35.6 Å². The Morgan fingerprint density at radius 1 is 1.29 bits per heavy atom. The summed E-state index contributed by atoms with van der Waals surface area (Å²) in [5.41, 5.74) is 0.513. The van der Waals surface area contributed by atoms with Crippen molar-refractivity contribution in [3.63, 3.8) is 0 Å². The van der Waals surface area contributed by atoms with E-state index in [9.17, 15) is 17.6 Å². The van der Waals surface area contributed by atoms with Crippen molar-refractivity contribution < 1.29 is 17.6 Å². The van der Waals surface area contributed by atoms with Crippen LogP contribution in [0.25, 0.3) is 0 Å². The predicted molar refractivity (Wildman–Crippen MR) is 79.7 cm³/mol. The second kappa shape index (κ2) is 8.09. The summed E-state index contributed by atoms with van der Waals surface area (Å²) in [5.74, 6) is -0.822. The maximum atomic E-state index is 13.5. The first kappa shape index (κ1) is 17.6. The zero-order chi connectivity index (χ0) is 15.9. The first-order valence-corrected chi connectivity index (χ1v) is 8.64. The van der Waals surface area contributed by atoms with Crippen molar-refractivity contribution >= 4 is 15.9 Å². The summed E-state index contributed by atoms with van der Waals surface area (Å²) in [6.45, 7) is 2.39. The second-order valence-electron chi connectivity index (χ2n) is 5.01. The highest BCUT2D eigenvalue weighted by Crippen LogP contribution is 2.12. The van der Waals surface area contributed by atoms with Crippen molar-refractivity contribution in [1.29, 1.82) is 0 Å². The molecule has 1 amide bonds. The van der Waals surface area contributed by atoms with E-state index in [1.807, 2.05) is 0 Å². The minimum Gasteiger partial charge on any atom is -0.356 e. The molecule has 0 bridgehead atoms. The van der Waals surface area contributed by atoms with Gasteiger partial charge in [-0.05, 0) is 24.5 Å². The zero-order valence-electron chi connectivity index (χ0n) is 12.2. The fourth-order valence-electron chi connectivity index (χ4n) is 1.82. The number of sulfonamides is 1. The molecule has 0 saturated heterocycles. The molecule has 0 aliphatic rings. The fraction of sp³-hybridized carbons (Fsp3) is 0.500. The van der Waals surface area contributed by atoms with E-state index in [1.54, 1.807) is 25.1 Å². The number of nitrogens with one attached hydrogen (secondary N) is 2. The molecule has 1 aromatic rings. The second-order valence-corrected chi connectivity index (χ2v) is 6.84. The third-order valence-corrected chi connectivity index (χ3v) is 3.68. The Balaban J connectivity index is 2.30. The molecule has 5 nitrogen and oxygen atoms in total. The highest BCUT2D eigenvalue weighted by molar-refractivity contribution is 7.88. The van der Waals surface area contributed by atoms with Crippen LogP contribution in [0.15, 0.2) is 24.3 Å². The standard InChI is InChI=1S/C14H21FN2O3S/c1-11(10-12-6-3-4-7-13(12)15)14(18)16-8-5-9-17-21(2,19)20/h3-4,6-7,11,17H,5,8-10H2,1-2H3,(H,16,18). The van der Waals surface area contributed by atoms with Crippen LogP contribution in [0.2, 0.25) is 0 Å². The molecule has 1 atom stereocenters. The first-order chi connectivity index (χ1) is 9.79. The van der Waals surface area contributed by atoms with Crippen LogP contribution < -0.4 is 10.0 Å². The molecular formula is C14H21FN2O3S. The van der Waals surface area contributed by atoms with E-state index in [0.29, 0.717) is 24.9 Å². The number of amides is 1. The van der Waals surface area contributed by atoms with Crippen LogP contribution in [0.4, 0.5) is 4.39 Å². The summed E-state index contributed by atoms with van der Waals surface area (Å²) in [6, 6.07) is 6.38. The highest BCUT2D eigenvalue weighted by atomic mass is 32.2. The van der Waals surface area contributed by atoms with Crippen LogP contribution in [0.3, 0.4) is 0 Å². The molecule has 0 fully saturated rings. The topological polar surface area (TPSA) is 75.3 Å². The van der Waals surface area contributed by atoms with Gasteiger partial charge in [0.25, 0.3) is 0 Å². The van der Waals surface area contributed by atoms with E-state index in [-0.39, 0.29) is 24.2 Å². The number of carbonyl (C=O) groups excluding carboxylic acids is 1. The summed E-state index contributed by atoms with van der Waals surface area (Å²) in [4.78, 5) is 11.8. The molecule has 0 aromatic heterocycles. The van der Waals surface area contributed by atoms with Crippen LogP contribution in [-0.2, 0) is 21.2 Å². The molecule has 1 unspecified atom stereocenters. The Bertz CT molecular complexity index is 575. The van der Waals surface area contributed by atoms with Gasteiger partial charge in [-0.2, -0.15) is 0 Å². The van der Waals surface area contributed by atoms with Gasteiger partial charge in [-0.25, -0.2) is 17.5 Å². The minimum absolute atomic E-state index is 0.169. The van der Waals surface area contributed by atoms with Gasteiger partial charge in [-0.1, -0.05) is 25.1 Å². The molecular weight excluding hydrogens is 295 g/mol. The lowest BCUT2D eigenvalue weighted by atomic mass is 10.00. The van der Waals surface area contributed by atoms with Gasteiger partial charge in [0, 0.05) is 19.0 Å². The van der Waals surface area contributed by atoms with Gasteiger partial charge in [0.2, 0.25) is 15.9 Å². The van der Waals surface area contributed by atoms with Crippen molar-refractivity contribution in [3.8, 4) is 0 Å². The molecule has 118 valence electrons. The van der Waals surface area contributed by atoms with Gasteiger partial charge >= 0.3 is 0 Å². The van der Waals surface area contributed by atoms with E-state index in [2.05, 4.69) is 10.0 Å². The lowest BCUT2D eigenvalue weighted by Crippen LogP contribution is -2.33. The van der Waals surface area contributed by atoms with Crippen molar-refractivity contribution in [2.24, 2.45) is 5.92 Å². The summed E-state index contributed by atoms with van der Waals surface area (Å²) >= 11 is 0. The Labute approximate surface area is 125 Å². The van der Waals surface area contributed by atoms with E-state index in [1.165, 1.54) is 6.07 Å². The van der Waals surface area contributed by atoms with Crippen LogP contribution in [0.1, 0.15) is 18.9 Å². The maximum absolute atomic E-state index is 13.5. The Morgan fingerprint density at radius 3 is 2.57 bits per heavy atom. The van der Waals surface area contributed by atoms with Crippen LogP contribution in [-0.4, -0.2) is 33.7 Å². The van der Waals surface area contributed by atoms with E-state index >= 15 is 0 Å². The number of benzene rings is 1. The largest absolute Gasteiger partial charge is 0.356 e. The normalized spacial score (nSPS) is 12.9. The zero-order valence-corrected chi connectivity index (χ0v) is 13.0. The van der Waals surface area contributed by atoms with Gasteiger partial charge in [-0.3, -0.25) is 4.79 Å². The molecule has 0 aliphatic carbocycles. The van der Waals surface area contributed by atoms with Gasteiger partial charge in [0.1, 0.15) is 5.82 Å². The molecule has 21 heavy (non-hydrogen) atoms. The molecule has 0 spiro atoms.